The number of rotatable bonds is 6. The van der Waals surface area contributed by atoms with Crippen molar-refractivity contribution >= 4 is 11.4 Å². The zero-order valence-electron chi connectivity index (χ0n) is 18.2. The first kappa shape index (κ1) is 21.3. The van der Waals surface area contributed by atoms with Gasteiger partial charge in [-0.15, -0.1) is 0 Å². The summed E-state index contributed by atoms with van der Waals surface area (Å²) in [6, 6.07) is 12.1. The Morgan fingerprint density at radius 2 is 1.75 bits per heavy atom. The zero-order chi connectivity index (χ0) is 22.7. The lowest BCUT2D eigenvalue weighted by molar-refractivity contribution is 0.0990. The van der Waals surface area contributed by atoms with Crippen molar-refractivity contribution in [3.05, 3.63) is 107 Å². The molecular weight excluding hydrogens is 403 g/mol. The van der Waals surface area contributed by atoms with Gasteiger partial charge in [-0.3, -0.25) is 14.8 Å². The normalized spacial score (nSPS) is 11.6. The minimum absolute atomic E-state index is 0.0941. The number of imidazole rings is 1. The van der Waals surface area contributed by atoms with E-state index in [1.807, 2.05) is 42.9 Å². The Labute approximate surface area is 186 Å². The van der Waals surface area contributed by atoms with Crippen LogP contribution in [0.5, 0.6) is 0 Å². The van der Waals surface area contributed by atoms with Crippen molar-refractivity contribution in [1.82, 2.24) is 19.5 Å². The van der Waals surface area contributed by atoms with Crippen LogP contribution in [0, 0.1) is 12.7 Å². The molecule has 0 aliphatic heterocycles. The molecule has 3 heterocycles. The van der Waals surface area contributed by atoms with E-state index in [-0.39, 0.29) is 12.2 Å². The molecule has 0 saturated heterocycles. The number of hydrogen-bond donors (Lipinski definition) is 0. The van der Waals surface area contributed by atoms with Gasteiger partial charge in [-0.25, -0.2) is 9.37 Å². The van der Waals surface area contributed by atoms with Crippen LogP contribution in [0.15, 0.2) is 73.6 Å². The molecule has 1 aromatic carbocycles. The molecular formula is C26H23FN4O. The van der Waals surface area contributed by atoms with Gasteiger partial charge < -0.3 is 4.57 Å². The maximum absolute atomic E-state index is 13.7. The molecule has 0 amide bonds. The second-order valence-electron chi connectivity index (χ2n) is 7.60. The fraction of sp³-hybridized carbons (Fsp3) is 0.154. The summed E-state index contributed by atoms with van der Waals surface area (Å²) < 4.78 is 15.7. The number of benzene rings is 1. The van der Waals surface area contributed by atoms with Crippen LogP contribution in [0.3, 0.4) is 0 Å². The van der Waals surface area contributed by atoms with Gasteiger partial charge in [0.15, 0.2) is 5.78 Å². The van der Waals surface area contributed by atoms with Crippen molar-refractivity contribution in [3.8, 4) is 11.3 Å². The number of aryl methyl sites for hydroxylation is 1. The van der Waals surface area contributed by atoms with Crippen LogP contribution in [0.2, 0.25) is 0 Å². The van der Waals surface area contributed by atoms with Gasteiger partial charge in [-0.05, 0) is 42.2 Å². The predicted molar refractivity (Wildman–Crippen MR) is 123 cm³/mol. The molecule has 6 heteroatoms. The van der Waals surface area contributed by atoms with Crippen LogP contribution >= 0.6 is 0 Å². The van der Waals surface area contributed by atoms with E-state index in [1.54, 1.807) is 19.4 Å². The van der Waals surface area contributed by atoms with Gasteiger partial charge in [-0.2, -0.15) is 0 Å². The molecule has 4 aromatic rings. The van der Waals surface area contributed by atoms with E-state index in [1.165, 1.54) is 6.20 Å². The molecule has 0 saturated carbocycles. The Hall–Kier alpha value is -3.93. The number of pyridine rings is 2. The third-order valence-corrected chi connectivity index (χ3v) is 5.53. The smallest absolute Gasteiger partial charge is 0.170 e. The number of aromatic nitrogens is 4. The SMILES string of the molecule is C/C=C(/c1ccc(-c2cncn2C)cc1)c1ccc(CC(=O)c2cncc(F)c2C)nc1. The lowest BCUT2D eigenvalue weighted by Gasteiger charge is -2.10. The average Bonchev–Trinajstić information content (AvgIpc) is 3.23. The van der Waals surface area contributed by atoms with Crippen LogP contribution in [-0.4, -0.2) is 25.3 Å². The summed E-state index contributed by atoms with van der Waals surface area (Å²) in [6.07, 6.45) is 10.0. The van der Waals surface area contributed by atoms with E-state index in [0.717, 1.165) is 34.2 Å². The highest BCUT2D eigenvalue weighted by molar-refractivity contribution is 5.98. The van der Waals surface area contributed by atoms with Crippen LogP contribution in [0.25, 0.3) is 16.8 Å². The van der Waals surface area contributed by atoms with Crippen molar-refractivity contribution < 1.29 is 9.18 Å². The summed E-state index contributed by atoms with van der Waals surface area (Å²) in [7, 11) is 1.97. The van der Waals surface area contributed by atoms with E-state index in [2.05, 4.69) is 39.2 Å². The molecule has 4 rings (SSSR count). The second kappa shape index (κ2) is 9.06. The van der Waals surface area contributed by atoms with Gasteiger partial charge in [0.25, 0.3) is 0 Å². The van der Waals surface area contributed by atoms with Gasteiger partial charge in [0, 0.05) is 36.3 Å². The number of ketones is 1. The topological polar surface area (TPSA) is 60.7 Å². The third kappa shape index (κ3) is 4.25. The molecule has 0 aliphatic carbocycles. The highest BCUT2D eigenvalue weighted by Crippen LogP contribution is 2.26. The van der Waals surface area contributed by atoms with E-state index in [0.29, 0.717) is 16.8 Å². The molecule has 0 unspecified atom stereocenters. The monoisotopic (exact) mass is 426 g/mol. The Balaban J connectivity index is 1.52. The molecule has 5 nitrogen and oxygen atoms in total. The van der Waals surface area contributed by atoms with Gasteiger partial charge in [0.05, 0.1) is 30.8 Å². The molecule has 0 aliphatic rings. The Morgan fingerprint density at radius 3 is 2.38 bits per heavy atom. The summed E-state index contributed by atoms with van der Waals surface area (Å²) in [5.41, 5.74) is 6.47. The Bertz CT molecular complexity index is 1290. The van der Waals surface area contributed by atoms with E-state index >= 15 is 0 Å². The van der Waals surface area contributed by atoms with Gasteiger partial charge in [-0.1, -0.05) is 36.4 Å². The number of allylic oxidation sites excluding steroid dienone is 1. The molecule has 0 radical (unpaired) electrons. The Kier molecular flexibility index (Phi) is 6.03. The quantitative estimate of drug-likeness (QED) is 0.398. The van der Waals surface area contributed by atoms with Crippen LogP contribution in [0.1, 0.15) is 39.7 Å². The van der Waals surface area contributed by atoms with E-state index < -0.39 is 5.82 Å². The first-order valence-electron chi connectivity index (χ1n) is 10.3. The summed E-state index contributed by atoms with van der Waals surface area (Å²) >= 11 is 0. The largest absolute Gasteiger partial charge is 0.334 e. The molecule has 3 aromatic heterocycles. The maximum atomic E-state index is 13.7. The molecule has 0 atom stereocenters. The van der Waals surface area contributed by atoms with Gasteiger partial charge in [0.1, 0.15) is 5.82 Å². The summed E-state index contributed by atoms with van der Waals surface area (Å²) in [5.74, 6) is -0.682. The van der Waals surface area contributed by atoms with E-state index in [9.17, 15) is 9.18 Å². The highest BCUT2D eigenvalue weighted by Gasteiger charge is 2.14. The fourth-order valence-corrected chi connectivity index (χ4v) is 3.68. The standard InChI is InChI=1S/C26H23FN4O/c1-4-22(18-5-7-19(8-6-18)25-15-29-16-31(25)3)20-9-10-21(30-12-20)11-26(32)23-13-28-14-24(27)17(23)2/h4-10,12-16H,11H2,1-3H3/b22-4-. The number of halogens is 1. The number of carbonyl (C=O) groups is 1. The number of nitrogens with zero attached hydrogens (tertiary/aromatic N) is 4. The van der Waals surface area contributed by atoms with Crippen LogP contribution < -0.4 is 0 Å². The van der Waals surface area contributed by atoms with Gasteiger partial charge >= 0.3 is 0 Å². The molecule has 0 spiro atoms. The predicted octanol–water partition coefficient (Wildman–Crippen LogP) is 5.20. The first-order valence-corrected chi connectivity index (χ1v) is 10.3. The zero-order valence-corrected chi connectivity index (χ0v) is 18.2. The number of hydrogen-bond acceptors (Lipinski definition) is 4. The molecule has 32 heavy (non-hydrogen) atoms. The van der Waals surface area contributed by atoms with E-state index in [4.69, 9.17) is 0 Å². The third-order valence-electron chi connectivity index (χ3n) is 5.53. The Morgan fingerprint density at radius 1 is 1.00 bits per heavy atom. The lowest BCUT2D eigenvalue weighted by Crippen LogP contribution is -2.09. The summed E-state index contributed by atoms with van der Waals surface area (Å²) in [5, 5.41) is 0. The maximum Gasteiger partial charge on any atom is 0.170 e. The molecule has 0 bridgehead atoms. The van der Waals surface area contributed by atoms with Gasteiger partial charge in [0.2, 0.25) is 0 Å². The van der Waals surface area contributed by atoms with Crippen LogP contribution in [-0.2, 0) is 13.5 Å². The number of Topliss-reactive ketones (excluding diaryl/α,β-unsaturated/α-hetero) is 1. The van der Waals surface area contributed by atoms with Crippen molar-refractivity contribution in [1.29, 1.82) is 0 Å². The van der Waals surface area contributed by atoms with Crippen molar-refractivity contribution in [3.63, 3.8) is 0 Å². The highest BCUT2D eigenvalue weighted by atomic mass is 19.1. The second-order valence-corrected chi connectivity index (χ2v) is 7.60. The van der Waals surface area contributed by atoms with Crippen molar-refractivity contribution in [2.24, 2.45) is 7.05 Å². The molecule has 0 N–H and O–H groups in total. The van der Waals surface area contributed by atoms with Crippen molar-refractivity contribution in [2.75, 3.05) is 0 Å². The average molecular weight is 426 g/mol. The lowest BCUT2D eigenvalue weighted by atomic mass is 9.97. The number of carbonyl (C=O) groups excluding carboxylic acids is 1. The molecule has 160 valence electrons. The minimum Gasteiger partial charge on any atom is -0.334 e. The fourth-order valence-electron chi connectivity index (χ4n) is 3.68. The summed E-state index contributed by atoms with van der Waals surface area (Å²) in [4.78, 5) is 25.0. The van der Waals surface area contributed by atoms with Crippen molar-refractivity contribution in [2.45, 2.75) is 20.3 Å². The molecule has 0 fully saturated rings. The van der Waals surface area contributed by atoms with Crippen LogP contribution in [0.4, 0.5) is 4.39 Å². The first-order chi connectivity index (χ1) is 15.5. The summed E-state index contributed by atoms with van der Waals surface area (Å²) in [6.45, 7) is 3.57. The minimum atomic E-state index is -0.480.